The van der Waals surface area contributed by atoms with Gasteiger partial charge in [0.05, 0.1) is 5.88 Å². The lowest BCUT2D eigenvalue weighted by Gasteiger charge is -2.24. The Morgan fingerprint density at radius 3 is 2.90 bits per heavy atom. The molecule has 1 heterocycles. The van der Waals surface area contributed by atoms with E-state index in [0.717, 1.165) is 24.9 Å². The summed E-state index contributed by atoms with van der Waals surface area (Å²) in [6, 6.07) is 4.92. The maximum Gasteiger partial charge on any atom is 0.327 e. The molecule has 2 amide bonds. The van der Waals surface area contributed by atoms with Crippen molar-refractivity contribution >= 4 is 29.4 Å². The van der Waals surface area contributed by atoms with E-state index in [9.17, 15) is 9.59 Å². The number of fused-ring (bicyclic) bond motifs is 1. The van der Waals surface area contributed by atoms with E-state index in [1.165, 1.54) is 34.2 Å². The molecule has 0 bridgehead atoms. The minimum atomic E-state index is -0.940. The topological polar surface area (TPSA) is 69.6 Å². The van der Waals surface area contributed by atoms with Crippen LogP contribution in [0.1, 0.15) is 24.0 Å². The Labute approximate surface area is 127 Å². The Hall–Kier alpha value is -1.69. The summed E-state index contributed by atoms with van der Waals surface area (Å²) in [5.41, 5.74) is 3.33. The smallest absolute Gasteiger partial charge is 0.327 e. The van der Waals surface area contributed by atoms with Crippen molar-refractivity contribution in [3.63, 3.8) is 0 Å². The number of hydrogen-bond acceptors (Lipinski definition) is 3. The van der Waals surface area contributed by atoms with Gasteiger partial charge in [-0.25, -0.2) is 9.59 Å². The molecule has 1 atom stereocenters. The first-order valence-corrected chi connectivity index (χ1v) is 8.31. The number of urea groups is 1. The van der Waals surface area contributed by atoms with Gasteiger partial charge in [0.15, 0.2) is 0 Å². The lowest BCUT2D eigenvalue weighted by molar-refractivity contribution is -0.140. The van der Waals surface area contributed by atoms with Crippen molar-refractivity contribution in [2.75, 3.05) is 16.9 Å². The molecule has 0 saturated carbocycles. The summed E-state index contributed by atoms with van der Waals surface area (Å²) in [4.78, 5) is 24.9. The molecule has 3 rings (SSSR count). The first-order valence-electron chi connectivity index (χ1n) is 7.16. The monoisotopic (exact) mass is 306 g/mol. The number of nitrogens with zero attached hydrogens (tertiary/aromatic N) is 1. The first kappa shape index (κ1) is 14.3. The van der Waals surface area contributed by atoms with Gasteiger partial charge < -0.3 is 15.3 Å². The predicted molar refractivity (Wildman–Crippen MR) is 82.7 cm³/mol. The Morgan fingerprint density at radius 1 is 1.29 bits per heavy atom. The van der Waals surface area contributed by atoms with Gasteiger partial charge in [0.2, 0.25) is 0 Å². The van der Waals surface area contributed by atoms with Crippen LogP contribution in [0.3, 0.4) is 0 Å². The van der Waals surface area contributed by atoms with Crippen LogP contribution in [0.2, 0.25) is 0 Å². The van der Waals surface area contributed by atoms with Crippen LogP contribution in [0.4, 0.5) is 10.5 Å². The average molecular weight is 306 g/mol. The van der Waals surface area contributed by atoms with E-state index in [0.29, 0.717) is 11.6 Å². The summed E-state index contributed by atoms with van der Waals surface area (Å²) in [6.07, 6.45) is 4.35. The van der Waals surface area contributed by atoms with Gasteiger partial charge in [-0.3, -0.25) is 0 Å². The molecule has 1 saturated heterocycles. The molecule has 0 aromatic heterocycles. The summed E-state index contributed by atoms with van der Waals surface area (Å²) in [5, 5.41) is 12.1. The highest BCUT2D eigenvalue weighted by Crippen LogP contribution is 2.29. The lowest BCUT2D eigenvalue weighted by atomic mass is 9.90. The Balaban J connectivity index is 1.77. The number of aryl methyl sites for hydroxylation is 1. The summed E-state index contributed by atoms with van der Waals surface area (Å²) in [5.74, 6) is -0.0572. The quantitative estimate of drug-likeness (QED) is 0.881. The average Bonchev–Trinajstić information content (AvgIpc) is 2.97. The van der Waals surface area contributed by atoms with Gasteiger partial charge in [-0.1, -0.05) is 12.1 Å². The first-order chi connectivity index (χ1) is 10.2. The third-order valence-electron chi connectivity index (χ3n) is 4.07. The highest BCUT2D eigenvalue weighted by atomic mass is 32.2. The van der Waals surface area contributed by atoms with Crippen molar-refractivity contribution in [3.05, 3.63) is 29.3 Å². The highest BCUT2D eigenvalue weighted by molar-refractivity contribution is 7.99. The number of carbonyl (C=O) groups excluding carboxylic acids is 1. The standard InChI is InChI=1S/C15H18N2O3S/c18-14(19)13-8-21-9-17(13)15(20)16-12-7-3-5-10-4-1-2-6-11(10)12/h3,5,7,13H,1-2,4,6,8-9H2,(H,16,20)(H,18,19)/t13-/m0/s1. The molecule has 1 aliphatic heterocycles. The van der Waals surface area contributed by atoms with Gasteiger partial charge in [0, 0.05) is 11.4 Å². The van der Waals surface area contributed by atoms with Crippen LogP contribution in [-0.4, -0.2) is 39.7 Å². The molecule has 5 nitrogen and oxygen atoms in total. The van der Waals surface area contributed by atoms with Crippen LogP contribution < -0.4 is 5.32 Å². The zero-order valence-corrected chi connectivity index (χ0v) is 12.5. The van der Waals surface area contributed by atoms with Gasteiger partial charge in [-0.2, -0.15) is 0 Å². The second-order valence-electron chi connectivity index (χ2n) is 5.40. The molecular weight excluding hydrogens is 288 g/mol. The van der Waals surface area contributed by atoms with E-state index in [1.807, 2.05) is 12.1 Å². The number of nitrogens with one attached hydrogen (secondary N) is 1. The maximum absolute atomic E-state index is 12.4. The predicted octanol–water partition coefficient (Wildman–Crippen LogP) is 2.56. The fourth-order valence-corrected chi connectivity index (χ4v) is 4.08. The van der Waals surface area contributed by atoms with Crippen molar-refractivity contribution in [3.8, 4) is 0 Å². The minimum absolute atomic E-state index is 0.314. The van der Waals surface area contributed by atoms with Gasteiger partial charge in [-0.05, 0) is 42.9 Å². The molecule has 1 aliphatic carbocycles. The molecule has 1 fully saturated rings. The molecule has 2 aliphatic rings. The fourth-order valence-electron chi connectivity index (χ4n) is 2.93. The minimum Gasteiger partial charge on any atom is -0.480 e. The fraction of sp³-hybridized carbons (Fsp3) is 0.467. The number of anilines is 1. The van der Waals surface area contributed by atoms with Crippen molar-refractivity contribution in [2.45, 2.75) is 31.7 Å². The van der Waals surface area contributed by atoms with Crippen LogP contribution in [0.5, 0.6) is 0 Å². The molecule has 6 heteroatoms. The number of carboxylic acids is 1. The summed E-state index contributed by atoms with van der Waals surface area (Å²) < 4.78 is 0. The molecule has 0 radical (unpaired) electrons. The molecular formula is C15H18N2O3S. The van der Waals surface area contributed by atoms with Crippen LogP contribution in [0.25, 0.3) is 0 Å². The molecule has 0 unspecified atom stereocenters. The normalized spacial score (nSPS) is 21.0. The molecule has 2 N–H and O–H groups in total. The number of rotatable bonds is 2. The summed E-state index contributed by atoms with van der Waals surface area (Å²) >= 11 is 1.47. The summed E-state index contributed by atoms with van der Waals surface area (Å²) in [6.45, 7) is 0. The van der Waals surface area contributed by atoms with Gasteiger partial charge >= 0.3 is 12.0 Å². The molecule has 112 valence electrons. The van der Waals surface area contributed by atoms with Gasteiger partial charge in [0.1, 0.15) is 6.04 Å². The van der Waals surface area contributed by atoms with E-state index in [4.69, 9.17) is 5.11 Å². The number of aliphatic carboxylic acids is 1. The number of carboxylic acid groups (broad SMARTS) is 1. The maximum atomic E-state index is 12.4. The van der Waals surface area contributed by atoms with E-state index < -0.39 is 12.0 Å². The Morgan fingerprint density at radius 2 is 2.10 bits per heavy atom. The van der Waals surface area contributed by atoms with Crippen LogP contribution in [0.15, 0.2) is 18.2 Å². The largest absolute Gasteiger partial charge is 0.480 e. The number of thioether (sulfide) groups is 1. The van der Waals surface area contributed by atoms with Gasteiger partial charge in [-0.15, -0.1) is 11.8 Å². The second kappa shape index (κ2) is 5.97. The van der Waals surface area contributed by atoms with E-state index in [-0.39, 0.29) is 6.03 Å². The number of amides is 2. The SMILES string of the molecule is O=C(O)[C@@H]1CSCN1C(=O)Nc1cccc2c1CCCC2. The highest BCUT2D eigenvalue weighted by Gasteiger charge is 2.34. The second-order valence-corrected chi connectivity index (χ2v) is 6.40. The van der Waals surface area contributed by atoms with Crippen molar-refractivity contribution in [1.29, 1.82) is 0 Å². The van der Waals surface area contributed by atoms with Crippen LogP contribution >= 0.6 is 11.8 Å². The third-order valence-corrected chi connectivity index (χ3v) is 5.08. The van der Waals surface area contributed by atoms with Crippen molar-refractivity contribution < 1.29 is 14.7 Å². The molecule has 1 aromatic rings. The zero-order chi connectivity index (χ0) is 14.8. The Kier molecular flexibility index (Phi) is 4.05. The molecule has 0 spiro atoms. The molecule has 1 aromatic carbocycles. The van der Waals surface area contributed by atoms with Crippen LogP contribution in [-0.2, 0) is 17.6 Å². The van der Waals surface area contributed by atoms with Gasteiger partial charge in [0.25, 0.3) is 0 Å². The number of benzene rings is 1. The van der Waals surface area contributed by atoms with E-state index in [2.05, 4.69) is 11.4 Å². The van der Waals surface area contributed by atoms with Crippen molar-refractivity contribution in [1.82, 2.24) is 4.90 Å². The lowest BCUT2D eigenvalue weighted by Crippen LogP contribution is -2.44. The van der Waals surface area contributed by atoms with E-state index >= 15 is 0 Å². The summed E-state index contributed by atoms with van der Waals surface area (Å²) in [7, 11) is 0. The number of hydrogen-bond donors (Lipinski definition) is 2. The zero-order valence-electron chi connectivity index (χ0n) is 11.7. The van der Waals surface area contributed by atoms with E-state index in [1.54, 1.807) is 0 Å². The third kappa shape index (κ3) is 2.85. The van der Waals surface area contributed by atoms with Crippen LogP contribution in [0, 0.1) is 0 Å². The molecule has 21 heavy (non-hydrogen) atoms. The van der Waals surface area contributed by atoms with Crippen molar-refractivity contribution in [2.24, 2.45) is 0 Å². The number of carbonyl (C=O) groups is 2. The Bertz CT molecular complexity index is 576.